The predicted molar refractivity (Wildman–Crippen MR) is 67.7 cm³/mol. The number of carbonyl (C=O) groups is 1. The molecule has 0 aliphatic heterocycles. The third-order valence-electron chi connectivity index (χ3n) is 2.35. The largest absolute Gasteiger partial charge is 0.495 e. The van der Waals surface area contributed by atoms with Crippen molar-refractivity contribution in [3.8, 4) is 5.75 Å². The fourth-order valence-corrected chi connectivity index (χ4v) is 1.66. The lowest BCUT2D eigenvalue weighted by Gasteiger charge is -2.21. The Labute approximate surface area is 101 Å². The second-order valence-corrected chi connectivity index (χ2v) is 3.86. The summed E-state index contributed by atoms with van der Waals surface area (Å²) in [5, 5.41) is 8.65. The second-order valence-electron chi connectivity index (χ2n) is 3.86. The van der Waals surface area contributed by atoms with E-state index in [1.54, 1.807) is 14.0 Å². The van der Waals surface area contributed by atoms with Crippen molar-refractivity contribution in [2.45, 2.75) is 6.92 Å². The molecule has 0 bridgehead atoms. The molecule has 4 nitrogen and oxygen atoms in total. The van der Waals surface area contributed by atoms with Crippen molar-refractivity contribution < 1.29 is 14.6 Å². The van der Waals surface area contributed by atoms with E-state index < -0.39 is 5.97 Å². The molecule has 1 N–H and O–H groups in total. The maximum absolute atomic E-state index is 10.5. The third-order valence-corrected chi connectivity index (χ3v) is 2.35. The van der Waals surface area contributed by atoms with Crippen LogP contribution in [0.15, 0.2) is 35.9 Å². The highest BCUT2D eigenvalue weighted by Gasteiger charge is 2.07. The lowest BCUT2D eigenvalue weighted by atomic mass is 10.2. The maximum atomic E-state index is 10.5. The molecule has 1 aromatic rings. The van der Waals surface area contributed by atoms with Crippen LogP contribution in [0, 0.1) is 0 Å². The van der Waals surface area contributed by atoms with E-state index in [1.807, 2.05) is 36.2 Å². The number of hydrogen-bond donors (Lipinski definition) is 1. The normalized spacial score (nSPS) is 11.1. The number of carboxylic acid groups (broad SMARTS) is 1. The second kappa shape index (κ2) is 5.94. The molecule has 1 rings (SSSR count). The zero-order valence-corrected chi connectivity index (χ0v) is 10.3. The fourth-order valence-electron chi connectivity index (χ4n) is 1.66. The smallest absolute Gasteiger partial charge is 0.328 e. The van der Waals surface area contributed by atoms with Crippen molar-refractivity contribution in [3.05, 3.63) is 35.9 Å². The van der Waals surface area contributed by atoms with Crippen LogP contribution >= 0.6 is 0 Å². The summed E-state index contributed by atoms with van der Waals surface area (Å²) in [6.07, 6.45) is 1.21. The maximum Gasteiger partial charge on any atom is 0.328 e. The van der Waals surface area contributed by atoms with Gasteiger partial charge >= 0.3 is 5.97 Å². The molecule has 0 saturated carbocycles. The first-order chi connectivity index (χ1) is 8.04. The van der Waals surface area contributed by atoms with Gasteiger partial charge in [0.05, 0.1) is 12.8 Å². The molecule has 0 spiro atoms. The molecule has 0 amide bonds. The molecular weight excluding hydrogens is 218 g/mol. The fraction of sp³-hybridized carbons (Fsp3) is 0.308. The van der Waals surface area contributed by atoms with Gasteiger partial charge in [-0.2, -0.15) is 0 Å². The Bertz CT molecular complexity index is 426. The van der Waals surface area contributed by atoms with Crippen molar-refractivity contribution in [1.82, 2.24) is 0 Å². The van der Waals surface area contributed by atoms with Crippen molar-refractivity contribution in [3.63, 3.8) is 0 Å². The van der Waals surface area contributed by atoms with Crippen LogP contribution in [0.3, 0.4) is 0 Å². The Kier molecular flexibility index (Phi) is 4.57. The molecule has 0 heterocycles. The first-order valence-corrected chi connectivity index (χ1v) is 5.29. The molecule has 17 heavy (non-hydrogen) atoms. The molecule has 0 aliphatic rings. The van der Waals surface area contributed by atoms with Gasteiger partial charge < -0.3 is 14.7 Å². The van der Waals surface area contributed by atoms with Crippen LogP contribution in [0.2, 0.25) is 0 Å². The van der Waals surface area contributed by atoms with E-state index in [9.17, 15) is 4.79 Å². The number of para-hydroxylation sites is 2. The molecule has 92 valence electrons. The topological polar surface area (TPSA) is 49.8 Å². The Morgan fingerprint density at radius 1 is 1.47 bits per heavy atom. The predicted octanol–water partition coefficient (Wildman–Crippen LogP) is 2.16. The number of anilines is 1. The SMILES string of the molecule is COc1ccccc1N(C)CC(C)=CC(=O)O. The summed E-state index contributed by atoms with van der Waals surface area (Å²) < 4.78 is 5.25. The first kappa shape index (κ1) is 13.1. The molecular formula is C13H17NO3. The minimum atomic E-state index is -0.920. The number of nitrogens with zero attached hydrogens (tertiary/aromatic N) is 1. The highest BCUT2D eigenvalue weighted by molar-refractivity contribution is 5.80. The minimum absolute atomic E-state index is 0.548. The van der Waals surface area contributed by atoms with E-state index in [-0.39, 0.29) is 0 Å². The van der Waals surface area contributed by atoms with Gasteiger partial charge in [-0.05, 0) is 24.6 Å². The van der Waals surface area contributed by atoms with Gasteiger partial charge in [-0.15, -0.1) is 0 Å². The summed E-state index contributed by atoms with van der Waals surface area (Å²) >= 11 is 0. The van der Waals surface area contributed by atoms with Gasteiger partial charge in [0.2, 0.25) is 0 Å². The first-order valence-electron chi connectivity index (χ1n) is 5.29. The van der Waals surface area contributed by atoms with Crippen LogP contribution in [-0.2, 0) is 4.79 Å². The monoisotopic (exact) mass is 235 g/mol. The number of likely N-dealkylation sites (N-methyl/N-ethyl adjacent to an activating group) is 1. The van der Waals surface area contributed by atoms with Crippen LogP contribution in [0.25, 0.3) is 0 Å². The molecule has 4 heteroatoms. The number of methoxy groups -OCH3 is 1. The summed E-state index contributed by atoms with van der Waals surface area (Å²) in [6, 6.07) is 7.63. The van der Waals surface area contributed by atoms with Gasteiger partial charge in [0, 0.05) is 19.7 Å². The zero-order chi connectivity index (χ0) is 12.8. The summed E-state index contributed by atoms with van der Waals surface area (Å²) in [4.78, 5) is 12.5. The lowest BCUT2D eigenvalue weighted by molar-refractivity contribution is -0.131. The third kappa shape index (κ3) is 3.83. The average Bonchev–Trinajstić information content (AvgIpc) is 2.27. The molecule has 0 saturated heterocycles. The van der Waals surface area contributed by atoms with Crippen molar-refractivity contribution in [1.29, 1.82) is 0 Å². The van der Waals surface area contributed by atoms with Crippen molar-refractivity contribution >= 4 is 11.7 Å². The number of ether oxygens (including phenoxy) is 1. The highest BCUT2D eigenvalue weighted by Crippen LogP contribution is 2.26. The zero-order valence-electron chi connectivity index (χ0n) is 10.3. The van der Waals surface area contributed by atoms with E-state index in [0.717, 1.165) is 17.0 Å². The molecule has 0 unspecified atom stereocenters. The number of aliphatic carboxylic acids is 1. The van der Waals surface area contributed by atoms with E-state index in [0.29, 0.717) is 6.54 Å². The molecule has 0 aromatic heterocycles. The van der Waals surface area contributed by atoms with E-state index in [1.165, 1.54) is 6.08 Å². The highest BCUT2D eigenvalue weighted by atomic mass is 16.5. The van der Waals surface area contributed by atoms with Crippen molar-refractivity contribution in [2.24, 2.45) is 0 Å². The van der Waals surface area contributed by atoms with Gasteiger partial charge in [-0.1, -0.05) is 12.1 Å². The number of benzene rings is 1. The minimum Gasteiger partial charge on any atom is -0.495 e. The van der Waals surface area contributed by atoms with Crippen LogP contribution in [0.4, 0.5) is 5.69 Å². The van der Waals surface area contributed by atoms with Crippen LogP contribution in [0.1, 0.15) is 6.92 Å². The van der Waals surface area contributed by atoms with E-state index in [4.69, 9.17) is 9.84 Å². The Morgan fingerprint density at radius 2 is 2.12 bits per heavy atom. The van der Waals surface area contributed by atoms with Crippen LogP contribution in [0.5, 0.6) is 5.75 Å². The van der Waals surface area contributed by atoms with Crippen LogP contribution in [-0.4, -0.2) is 31.8 Å². The average molecular weight is 235 g/mol. The van der Waals surface area contributed by atoms with Crippen LogP contribution < -0.4 is 9.64 Å². The Balaban J connectivity index is 2.83. The molecule has 0 atom stereocenters. The summed E-state index contributed by atoms with van der Waals surface area (Å²) in [5.74, 6) is -0.144. The van der Waals surface area contributed by atoms with E-state index >= 15 is 0 Å². The number of rotatable bonds is 5. The lowest BCUT2D eigenvalue weighted by Crippen LogP contribution is -2.20. The molecule has 1 aromatic carbocycles. The Morgan fingerprint density at radius 3 is 2.71 bits per heavy atom. The molecule has 0 radical (unpaired) electrons. The number of hydrogen-bond acceptors (Lipinski definition) is 3. The van der Waals surface area contributed by atoms with Crippen molar-refractivity contribution in [2.75, 3.05) is 25.6 Å². The summed E-state index contributed by atoms with van der Waals surface area (Å²) in [5.41, 5.74) is 1.72. The summed E-state index contributed by atoms with van der Waals surface area (Å²) in [7, 11) is 3.52. The van der Waals surface area contributed by atoms with Gasteiger partial charge in [-0.3, -0.25) is 0 Å². The van der Waals surface area contributed by atoms with Gasteiger partial charge in [-0.25, -0.2) is 4.79 Å². The van der Waals surface area contributed by atoms with Gasteiger partial charge in [0.15, 0.2) is 0 Å². The number of carboxylic acids is 1. The standard InChI is InChI=1S/C13H17NO3/c1-10(8-13(15)16)9-14(2)11-6-4-5-7-12(11)17-3/h4-8H,9H2,1-3H3,(H,15,16). The summed E-state index contributed by atoms with van der Waals surface area (Å²) in [6.45, 7) is 2.34. The quantitative estimate of drug-likeness (QED) is 0.794. The van der Waals surface area contributed by atoms with Gasteiger partial charge in [0.25, 0.3) is 0 Å². The molecule has 0 fully saturated rings. The molecule has 0 aliphatic carbocycles. The van der Waals surface area contributed by atoms with E-state index in [2.05, 4.69) is 0 Å². The Hall–Kier alpha value is -1.97. The van der Waals surface area contributed by atoms with Gasteiger partial charge in [0.1, 0.15) is 5.75 Å².